The predicted molar refractivity (Wildman–Crippen MR) is 93.8 cm³/mol. The molecule has 0 aromatic heterocycles. The summed E-state index contributed by atoms with van der Waals surface area (Å²) in [5.41, 5.74) is 3.15. The molecule has 0 aliphatic heterocycles. The van der Waals surface area contributed by atoms with E-state index in [1.807, 2.05) is 43.3 Å². The fourth-order valence-electron chi connectivity index (χ4n) is 1.95. The monoisotopic (exact) mass is 395 g/mol. The number of halogens is 1. The molecule has 0 aliphatic rings. The van der Waals surface area contributed by atoms with Crippen molar-refractivity contribution in [2.45, 2.75) is 20.3 Å². The van der Waals surface area contributed by atoms with E-state index < -0.39 is 0 Å². The molecule has 110 valence electrons. The minimum atomic E-state index is -0.147. The number of carbonyl (C=O) groups is 1. The van der Waals surface area contributed by atoms with Gasteiger partial charge >= 0.3 is 0 Å². The van der Waals surface area contributed by atoms with Crippen molar-refractivity contribution in [2.24, 2.45) is 0 Å². The number of aryl methyl sites for hydroxylation is 2. The second kappa shape index (κ2) is 7.45. The normalized spacial score (nSPS) is 10.2. The van der Waals surface area contributed by atoms with E-state index in [4.69, 9.17) is 4.74 Å². The van der Waals surface area contributed by atoms with Crippen LogP contribution in [-0.4, -0.2) is 12.5 Å². The molecule has 0 unspecified atom stereocenters. The Morgan fingerprint density at radius 2 is 1.90 bits per heavy atom. The maximum Gasteiger partial charge on any atom is 0.262 e. The highest BCUT2D eigenvalue weighted by Crippen LogP contribution is 2.19. The second-order valence-electron chi connectivity index (χ2n) is 4.80. The lowest BCUT2D eigenvalue weighted by Gasteiger charge is -2.11. The number of hydrogen-bond acceptors (Lipinski definition) is 2. The van der Waals surface area contributed by atoms with Crippen molar-refractivity contribution < 1.29 is 9.53 Å². The summed E-state index contributed by atoms with van der Waals surface area (Å²) < 4.78 is 6.64. The van der Waals surface area contributed by atoms with Crippen LogP contribution in [0.5, 0.6) is 5.75 Å². The average molecular weight is 395 g/mol. The van der Waals surface area contributed by atoms with Gasteiger partial charge in [-0.05, 0) is 71.8 Å². The molecule has 0 bridgehead atoms. The summed E-state index contributed by atoms with van der Waals surface area (Å²) in [6, 6.07) is 13.6. The van der Waals surface area contributed by atoms with Crippen molar-refractivity contribution in [3.8, 4) is 5.75 Å². The van der Waals surface area contributed by atoms with Crippen LogP contribution < -0.4 is 10.1 Å². The largest absolute Gasteiger partial charge is 0.484 e. The molecule has 2 aromatic carbocycles. The van der Waals surface area contributed by atoms with Crippen LogP contribution in [0.1, 0.15) is 18.1 Å². The summed E-state index contributed by atoms with van der Waals surface area (Å²) in [7, 11) is 0. The number of carbonyl (C=O) groups excluding carboxylic acids is 1. The summed E-state index contributed by atoms with van der Waals surface area (Å²) >= 11 is 2.27. The summed E-state index contributed by atoms with van der Waals surface area (Å²) in [4.78, 5) is 12.0. The second-order valence-corrected chi connectivity index (χ2v) is 6.05. The molecular weight excluding hydrogens is 377 g/mol. The number of anilines is 1. The van der Waals surface area contributed by atoms with E-state index in [2.05, 4.69) is 40.9 Å². The van der Waals surface area contributed by atoms with Crippen LogP contribution in [0.3, 0.4) is 0 Å². The summed E-state index contributed by atoms with van der Waals surface area (Å²) in [6.45, 7) is 4.10. The third-order valence-electron chi connectivity index (χ3n) is 3.11. The number of ether oxygens (including phenoxy) is 1. The molecule has 3 nitrogen and oxygen atoms in total. The molecule has 0 aliphatic carbocycles. The highest BCUT2D eigenvalue weighted by molar-refractivity contribution is 14.1. The molecule has 2 aromatic rings. The Kier molecular flexibility index (Phi) is 5.61. The molecule has 0 saturated carbocycles. The van der Waals surface area contributed by atoms with Gasteiger partial charge in [0.2, 0.25) is 0 Å². The average Bonchev–Trinajstić information content (AvgIpc) is 2.48. The predicted octanol–water partition coefficient (Wildman–Crippen LogP) is 4.18. The van der Waals surface area contributed by atoms with Gasteiger partial charge in [-0.15, -0.1) is 0 Å². The minimum Gasteiger partial charge on any atom is -0.484 e. The van der Waals surface area contributed by atoms with Gasteiger partial charge in [-0.2, -0.15) is 0 Å². The molecule has 0 radical (unpaired) electrons. The number of nitrogens with one attached hydrogen (secondary N) is 1. The van der Waals surface area contributed by atoms with Gasteiger partial charge in [0, 0.05) is 9.26 Å². The molecule has 2 rings (SSSR count). The molecule has 0 heterocycles. The van der Waals surface area contributed by atoms with Crippen molar-refractivity contribution >= 4 is 34.2 Å². The van der Waals surface area contributed by atoms with E-state index in [9.17, 15) is 4.79 Å². The van der Waals surface area contributed by atoms with Crippen LogP contribution in [0.25, 0.3) is 0 Å². The molecule has 0 fully saturated rings. The molecular formula is C17H18INO2. The van der Waals surface area contributed by atoms with Crippen molar-refractivity contribution in [2.75, 3.05) is 11.9 Å². The lowest BCUT2D eigenvalue weighted by molar-refractivity contribution is -0.118. The SMILES string of the molecule is CCc1cc(I)ccc1NC(=O)COc1ccc(C)cc1. The van der Waals surface area contributed by atoms with E-state index in [-0.39, 0.29) is 12.5 Å². The Morgan fingerprint density at radius 3 is 2.57 bits per heavy atom. The van der Waals surface area contributed by atoms with Crippen molar-refractivity contribution in [1.82, 2.24) is 0 Å². The van der Waals surface area contributed by atoms with Crippen LogP contribution in [0.2, 0.25) is 0 Å². The first kappa shape index (κ1) is 15.8. The van der Waals surface area contributed by atoms with Crippen LogP contribution in [0, 0.1) is 10.5 Å². The Balaban J connectivity index is 1.94. The Morgan fingerprint density at radius 1 is 1.19 bits per heavy atom. The zero-order valence-electron chi connectivity index (χ0n) is 12.2. The molecule has 21 heavy (non-hydrogen) atoms. The maximum atomic E-state index is 12.0. The van der Waals surface area contributed by atoms with Crippen LogP contribution in [0.4, 0.5) is 5.69 Å². The van der Waals surface area contributed by atoms with Gasteiger partial charge in [-0.1, -0.05) is 24.6 Å². The molecule has 1 N–H and O–H groups in total. The van der Waals surface area contributed by atoms with E-state index in [0.717, 1.165) is 17.7 Å². The third-order valence-corrected chi connectivity index (χ3v) is 3.78. The molecule has 0 atom stereocenters. The van der Waals surface area contributed by atoms with E-state index in [0.29, 0.717) is 5.75 Å². The van der Waals surface area contributed by atoms with Gasteiger partial charge in [-0.25, -0.2) is 0 Å². The third kappa shape index (κ3) is 4.74. The summed E-state index contributed by atoms with van der Waals surface area (Å²) in [6.07, 6.45) is 0.880. The first-order chi connectivity index (χ1) is 10.1. The maximum absolute atomic E-state index is 12.0. The zero-order valence-corrected chi connectivity index (χ0v) is 14.3. The summed E-state index contributed by atoms with van der Waals surface area (Å²) in [5, 5.41) is 2.90. The van der Waals surface area contributed by atoms with Gasteiger partial charge in [0.1, 0.15) is 5.75 Å². The number of amides is 1. The molecule has 0 spiro atoms. The lowest BCUT2D eigenvalue weighted by Crippen LogP contribution is -2.20. The molecule has 0 saturated heterocycles. The first-order valence-corrected chi connectivity index (χ1v) is 7.94. The van der Waals surface area contributed by atoms with Gasteiger partial charge in [-0.3, -0.25) is 4.79 Å². The van der Waals surface area contributed by atoms with Crippen LogP contribution >= 0.6 is 22.6 Å². The van der Waals surface area contributed by atoms with Gasteiger partial charge in [0.25, 0.3) is 5.91 Å². The Labute approximate surface area is 138 Å². The highest BCUT2D eigenvalue weighted by Gasteiger charge is 2.07. The van der Waals surface area contributed by atoms with Gasteiger partial charge in [0.05, 0.1) is 0 Å². The Hall–Kier alpha value is -1.56. The van der Waals surface area contributed by atoms with Gasteiger partial charge < -0.3 is 10.1 Å². The highest BCUT2D eigenvalue weighted by atomic mass is 127. The zero-order chi connectivity index (χ0) is 15.2. The van der Waals surface area contributed by atoms with Crippen molar-refractivity contribution in [1.29, 1.82) is 0 Å². The van der Waals surface area contributed by atoms with Crippen molar-refractivity contribution in [3.05, 3.63) is 57.2 Å². The number of benzene rings is 2. The molecule has 1 amide bonds. The Bertz CT molecular complexity index is 623. The van der Waals surface area contributed by atoms with E-state index in [1.54, 1.807) is 0 Å². The van der Waals surface area contributed by atoms with Gasteiger partial charge in [0.15, 0.2) is 6.61 Å². The fourth-order valence-corrected chi connectivity index (χ4v) is 2.50. The lowest BCUT2D eigenvalue weighted by atomic mass is 10.1. The quantitative estimate of drug-likeness (QED) is 0.772. The first-order valence-electron chi connectivity index (χ1n) is 6.86. The number of rotatable bonds is 5. The minimum absolute atomic E-state index is 0.0121. The van der Waals surface area contributed by atoms with E-state index in [1.165, 1.54) is 9.13 Å². The smallest absolute Gasteiger partial charge is 0.262 e. The number of hydrogen-bond donors (Lipinski definition) is 1. The summed E-state index contributed by atoms with van der Waals surface area (Å²) in [5.74, 6) is 0.556. The van der Waals surface area contributed by atoms with Crippen LogP contribution in [0.15, 0.2) is 42.5 Å². The van der Waals surface area contributed by atoms with E-state index >= 15 is 0 Å². The standard InChI is InChI=1S/C17H18INO2/c1-3-13-10-14(18)6-9-16(13)19-17(20)11-21-15-7-4-12(2)5-8-15/h4-10H,3,11H2,1-2H3,(H,19,20). The molecule has 4 heteroatoms. The van der Waals surface area contributed by atoms with Crippen LogP contribution in [-0.2, 0) is 11.2 Å². The van der Waals surface area contributed by atoms with Crippen molar-refractivity contribution in [3.63, 3.8) is 0 Å². The topological polar surface area (TPSA) is 38.3 Å². The fraction of sp³-hybridized carbons (Fsp3) is 0.235.